The maximum absolute atomic E-state index is 11.4. The van der Waals surface area contributed by atoms with E-state index in [4.69, 9.17) is 9.47 Å². The predicted molar refractivity (Wildman–Crippen MR) is 72.8 cm³/mol. The van der Waals surface area contributed by atoms with Crippen molar-refractivity contribution in [1.82, 2.24) is 5.32 Å². The zero-order chi connectivity index (χ0) is 13.5. The molecule has 4 heteroatoms. The molecule has 1 aliphatic rings. The molecule has 4 nitrogen and oxygen atoms in total. The van der Waals surface area contributed by atoms with E-state index >= 15 is 0 Å². The van der Waals surface area contributed by atoms with Crippen molar-refractivity contribution in [3.63, 3.8) is 0 Å². The highest BCUT2D eigenvalue weighted by molar-refractivity contribution is 5.67. The monoisotopic (exact) mass is 263 g/mol. The minimum atomic E-state index is -0.374. The number of unbranched alkanes of at least 4 members (excludes halogenated alkanes) is 1. The molecule has 1 saturated heterocycles. The van der Waals surface area contributed by atoms with E-state index in [2.05, 4.69) is 24.4 Å². The van der Waals surface area contributed by atoms with Crippen LogP contribution in [0.5, 0.6) is 0 Å². The summed E-state index contributed by atoms with van der Waals surface area (Å²) in [5.74, 6) is 0. The van der Waals surface area contributed by atoms with Gasteiger partial charge in [-0.25, -0.2) is 4.79 Å². The van der Waals surface area contributed by atoms with Crippen molar-refractivity contribution >= 4 is 6.09 Å². The van der Waals surface area contributed by atoms with E-state index in [0.29, 0.717) is 6.61 Å². The van der Waals surface area contributed by atoms with Crippen molar-refractivity contribution in [2.24, 2.45) is 0 Å². The van der Waals surface area contributed by atoms with Gasteiger partial charge in [0.1, 0.15) is 6.10 Å². The molecular formula is C15H21NO3. The second kappa shape index (κ2) is 7.14. The van der Waals surface area contributed by atoms with Gasteiger partial charge in [-0.2, -0.15) is 0 Å². The van der Waals surface area contributed by atoms with Crippen molar-refractivity contribution < 1.29 is 14.3 Å². The third-order valence-corrected chi connectivity index (χ3v) is 3.13. The number of ether oxygens (including phenoxy) is 2. The number of carbonyl (C=O) groups excluding carboxylic acids is 1. The summed E-state index contributed by atoms with van der Waals surface area (Å²) in [6, 6.07) is 10.3. The van der Waals surface area contributed by atoms with Crippen molar-refractivity contribution in [3.05, 3.63) is 35.9 Å². The van der Waals surface area contributed by atoms with Crippen LogP contribution in [0.2, 0.25) is 0 Å². The lowest BCUT2D eigenvalue weighted by atomic mass is 10.1. The van der Waals surface area contributed by atoms with Gasteiger partial charge in [0.05, 0.1) is 6.61 Å². The van der Waals surface area contributed by atoms with Gasteiger partial charge in [-0.05, 0) is 24.8 Å². The SMILES string of the molecule is CCCCOC(=O)NC1OC1CCc1ccccc1. The molecule has 1 aromatic rings. The van der Waals surface area contributed by atoms with Crippen LogP contribution in [-0.2, 0) is 15.9 Å². The van der Waals surface area contributed by atoms with Crippen LogP contribution in [-0.4, -0.2) is 25.0 Å². The number of epoxide rings is 1. The molecule has 1 N–H and O–H groups in total. The first-order valence-electron chi connectivity index (χ1n) is 6.92. The number of nitrogens with one attached hydrogen (secondary N) is 1. The molecule has 1 aromatic carbocycles. The quantitative estimate of drug-likeness (QED) is 0.608. The summed E-state index contributed by atoms with van der Waals surface area (Å²) in [4.78, 5) is 11.4. The molecule has 2 atom stereocenters. The summed E-state index contributed by atoms with van der Waals surface area (Å²) in [6.07, 6.45) is 3.39. The Labute approximate surface area is 114 Å². The Morgan fingerprint density at radius 3 is 2.89 bits per heavy atom. The Morgan fingerprint density at radius 1 is 1.37 bits per heavy atom. The van der Waals surface area contributed by atoms with Crippen LogP contribution < -0.4 is 5.32 Å². The van der Waals surface area contributed by atoms with Crippen LogP contribution in [0.4, 0.5) is 4.79 Å². The van der Waals surface area contributed by atoms with Crippen LogP contribution in [0, 0.1) is 0 Å². The Morgan fingerprint density at radius 2 is 2.16 bits per heavy atom. The number of carbonyl (C=O) groups is 1. The van der Waals surface area contributed by atoms with E-state index in [1.54, 1.807) is 0 Å². The fraction of sp³-hybridized carbons (Fsp3) is 0.533. The molecular weight excluding hydrogens is 242 g/mol. The van der Waals surface area contributed by atoms with Crippen molar-refractivity contribution in [2.75, 3.05) is 6.61 Å². The minimum absolute atomic E-state index is 0.124. The molecule has 0 aliphatic carbocycles. The Hall–Kier alpha value is -1.55. The molecule has 2 rings (SSSR count). The van der Waals surface area contributed by atoms with E-state index in [1.165, 1.54) is 5.56 Å². The average Bonchev–Trinajstić information content (AvgIpc) is 3.16. The lowest BCUT2D eigenvalue weighted by Crippen LogP contribution is -2.29. The normalized spacial score (nSPS) is 20.9. The maximum atomic E-state index is 11.4. The molecule has 0 radical (unpaired) electrons. The van der Waals surface area contributed by atoms with Gasteiger partial charge in [-0.1, -0.05) is 43.7 Å². The second-order valence-electron chi connectivity index (χ2n) is 4.75. The molecule has 0 bridgehead atoms. The van der Waals surface area contributed by atoms with E-state index in [9.17, 15) is 4.79 Å². The van der Waals surface area contributed by atoms with E-state index in [-0.39, 0.29) is 18.4 Å². The van der Waals surface area contributed by atoms with E-state index in [0.717, 1.165) is 25.7 Å². The van der Waals surface area contributed by atoms with Crippen LogP contribution in [0.15, 0.2) is 30.3 Å². The topological polar surface area (TPSA) is 50.9 Å². The zero-order valence-corrected chi connectivity index (χ0v) is 11.3. The van der Waals surface area contributed by atoms with Crippen LogP contribution >= 0.6 is 0 Å². The molecule has 19 heavy (non-hydrogen) atoms. The number of alkyl carbamates (subject to hydrolysis) is 1. The molecule has 104 valence electrons. The summed E-state index contributed by atoms with van der Waals surface area (Å²) >= 11 is 0. The highest BCUT2D eigenvalue weighted by Crippen LogP contribution is 2.24. The van der Waals surface area contributed by atoms with Gasteiger partial charge in [-0.3, -0.25) is 5.32 Å². The number of aryl methyl sites for hydroxylation is 1. The maximum Gasteiger partial charge on any atom is 0.409 e. The van der Waals surface area contributed by atoms with Gasteiger partial charge < -0.3 is 9.47 Å². The molecule has 0 aromatic heterocycles. The van der Waals surface area contributed by atoms with Crippen molar-refractivity contribution in [1.29, 1.82) is 0 Å². The smallest absolute Gasteiger partial charge is 0.409 e. The lowest BCUT2D eigenvalue weighted by Gasteiger charge is -2.03. The molecule has 1 amide bonds. The number of benzene rings is 1. The molecule has 1 heterocycles. The third-order valence-electron chi connectivity index (χ3n) is 3.13. The molecule has 2 unspecified atom stereocenters. The largest absolute Gasteiger partial charge is 0.450 e. The van der Waals surface area contributed by atoms with Gasteiger partial charge >= 0.3 is 6.09 Å². The summed E-state index contributed by atoms with van der Waals surface area (Å²) in [7, 11) is 0. The van der Waals surface area contributed by atoms with Crippen LogP contribution in [0.1, 0.15) is 31.7 Å². The summed E-state index contributed by atoms with van der Waals surface area (Å²) < 4.78 is 10.4. The average molecular weight is 263 g/mol. The van der Waals surface area contributed by atoms with Gasteiger partial charge in [-0.15, -0.1) is 0 Å². The molecule has 1 fully saturated rings. The zero-order valence-electron chi connectivity index (χ0n) is 11.3. The van der Waals surface area contributed by atoms with Crippen LogP contribution in [0.3, 0.4) is 0 Å². The van der Waals surface area contributed by atoms with Gasteiger partial charge in [0.2, 0.25) is 0 Å². The first kappa shape index (κ1) is 13.9. The standard InChI is InChI=1S/C15H21NO3/c1-2-3-11-18-15(17)16-14-13(19-14)10-9-12-7-5-4-6-8-12/h4-8,13-14H,2-3,9-11H2,1H3,(H,16,17). The Balaban J connectivity index is 1.58. The molecule has 0 saturated carbocycles. The summed E-state index contributed by atoms with van der Waals surface area (Å²) in [5.41, 5.74) is 1.29. The second-order valence-corrected chi connectivity index (χ2v) is 4.75. The Bertz CT molecular complexity index is 394. The van der Waals surface area contributed by atoms with E-state index in [1.807, 2.05) is 18.2 Å². The predicted octanol–water partition coefficient (Wildman–Crippen LogP) is 2.87. The third kappa shape index (κ3) is 4.91. The fourth-order valence-corrected chi connectivity index (χ4v) is 1.91. The number of rotatable bonds is 7. The highest BCUT2D eigenvalue weighted by atomic mass is 16.6. The molecule has 1 aliphatic heterocycles. The number of amides is 1. The lowest BCUT2D eigenvalue weighted by molar-refractivity contribution is 0.139. The van der Waals surface area contributed by atoms with Gasteiger partial charge in [0, 0.05) is 0 Å². The summed E-state index contributed by atoms with van der Waals surface area (Å²) in [5, 5.41) is 2.72. The van der Waals surface area contributed by atoms with Crippen molar-refractivity contribution in [2.45, 2.75) is 44.9 Å². The van der Waals surface area contributed by atoms with E-state index < -0.39 is 0 Å². The van der Waals surface area contributed by atoms with Crippen molar-refractivity contribution in [3.8, 4) is 0 Å². The molecule has 0 spiro atoms. The first-order valence-corrected chi connectivity index (χ1v) is 6.92. The summed E-state index contributed by atoms with van der Waals surface area (Å²) in [6.45, 7) is 2.54. The Kier molecular flexibility index (Phi) is 5.21. The fourth-order valence-electron chi connectivity index (χ4n) is 1.91. The number of hydrogen-bond acceptors (Lipinski definition) is 3. The van der Waals surface area contributed by atoms with Crippen LogP contribution in [0.25, 0.3) is 0 Å². The number of hydrogen-bond donors (Lipinski definition) is 1. The van der Waals surface area contributed by atoms with Gasteiger partial charge in [0.25, 0.3) is 0 Å². The highest BCUT2D eigenvalue weighted by Gasteiger charge is 2.39. The first-order chi connectivity index (χ1) is 9.29. The van der Waals surface area contributed by atoms with Gasteiger partial charge in [0.15, 0.2) is 6.23 Å². The minimum Gasteiger partial charge on any atom is -0.450 e.